The number of likely N-dealkylation sites (N-methyl/N-ethyl adjacent to an activating group) is 1. The number of anilines is 1. The number of aromatic nitrogens is 3. The topological polar surface area (TPSA) is 124 Å². The lowest BCUT2D eigenvalue weighted by molar-refractivity contribution is -0.131. The zero-order valence-corrected chi connectivity index (χ0v) is 22.7. The van der Waals surface area contributed by atoms with Crippen molar-refractivity contribution >= 4 is 33.4 Å². The number of phenols is 1. The number of nitrogens with zero attached hydrogens (tertiary/aromatic N) is 5. The number of pyridine rings is 1. The second kappa shape index (κ2) is 10.3. The van der Waals surface area contributed by atoms with Gasteiger partial charge in [0.1, 0.15) is 28.6 Å². The van der Waals surface area contributed by atoms with Crippen LogP contribution in [0.15, 0.2) is 36.5 Å². The number of carbonyl (C=O) groups is 1. The lowest BCUT2D eigenvalue weighted by Crippen LogP contribution is -2.64. The molecule has 12 heteroatoms. The molecule has 0 spiro atoms. The first-order chi connectivity index (χ1) is 19.7. The maximum Gasteiger partial charge on any atom is 0.318 e. The fraction of sp³-hybridized carbons (Fsp3) is 0.379. The van der Waals surface area contributed by atoms with E-state index in [0.29, 0.717) is 36.2 Å². The smallest absolute Gasteiger partial charge is 0.318 e. The molecular weight excluding hydrogens is 534 g/mol. The van der Waals surface area contributed by atoms with Crippen LogP contribution in [0.1, 0.15) is 19.3 Å². The quantitative estimate of drug-likeness (QED) is 0.311. The number of fused-ring (bicyclic) bond motifs is 4. The molecule has 1 amide bonds. The molecule has 4 heterocycles. The summed E-state index contributed by atoms with van der Waals surface area (Å²) in [6.07, 6.45) is 3.25. The minimum absolute atomic E-state index is 0.0364. The molecule has 0 saturated carbocycles. The van der Waals surface area contributed by atoms with Crippen LogP contribution in [0.3, 0.4) is 0 Å². The van der Waals surface area contributed by atoms with Crippen LogP contribution in [0.2, 0.25) is 0 Å². The molecule has 10 nitrogen and oxygen atoms in total. The van der Waals surface area contributed by atoms with Gasteiger partial charge >= 0.3 is 6.01 Å². The molecule has 2 saturated heterocycles. The standard InChI is InChI=1S/C29H30F2N6O4/c1-36(22(40)7-9-38)14-29-8-6-17(35-29)13-37(15-29)27-20-12-32-25(24(31)26(20)33-28(34-27)41-2)19-11-18(39)10-16-4-3-5-21(30)23(16)19/h3-5,10-12,17,35,38-39H,6-9,13-15H2,1-2H3/t17-,29-/m1/s1. The van der Waals surface area contributed by atoms with E-state index in [1.165, 1.54) is 37.6 Å². The molecule has 2 aromatic carbocycles. The summed E-state index contributed by atoms with van der Waals surface area (Å²) in [6.45, 7) is 1.31. The highest BCUT2D eigenvalue weighted by atomic mass is 19.1. The van der Waals surface area contributed by atoms with Gasteiger partial charge in [0.2, 0.25) is 5.91 Å². The fourth-order valence-corrected chi connectivity index (χ4v) is 6.25. The molecule has 0 radical (unpaired) electrons. The second-order valence-electron chi connectivity index (χ2n) is 10.8. The van der Waals surface area contributed by atoms with Crippen LogP contribution in [-0.2, 0) is 4.79 Å². The Hall–Kier alpha value is -4.16. The van der Waals surface area contributed by atoms with Crippen molar-refractivity contribution in [1.29, 1.82) is 0 Å². The third-order valence-electron chi connectivity index (χ3n) is 8.00. The van der Waals surface area contributed by atoms with Gasteiger partial charge in [-0.3, -0.25) is 9.78 Å². The first kappa shape index (κ1) is 27.0. The first-order valence-corrected chi connectivity index (χ1v) is 13.4. The number of ether oxygens (including phenoxy) is 1. The maximum atomic E-state index is 16.3. The lowest BCUT2D eigenvalue weighted by Gasteiger charge is -2.43. The Morgan fingerprint density at radius 1 is 1.29 bits per heavy atom. The number of phenolic OH excluding ortho intramolecular Hbond substituents is 1. The van der Waals surface area contributed by atoms with Gasteiger partial charge in [0.05, 0.1) is 24.6 Å². The molecule has 2 fully saturated rings. The van der Waals surface area contributed by atoms with E-state index in [9.17, 15) is 19.4 Å². The van der Waals surface area contributed by atoms with Gasteiger partial charge in [-0.15, -0.1) is 0 Å². The SMILES string of the molecule is COc1nc(N2C[C@H]3CC[C@@](CN(C)C(=O)CCO)(C2)N3)c2cnc(-c3cc(O)cc4cccc(F)c34)c(F)c2n1. The Morgan fingerprint density at radius 2 is 2.12 bits per heavy atom. The molecule has 2 aliphatic rings. The van der Waals surface area contributed by atoms with Gasteiger partial charge < -0.3 is 30.1 Å². The lowest BCUT2D eigenvalue weighted by atomic mass is 9.95. The van der Waals surface area contributed by atoms with E-state index >= 15 is 4.39 Å². The molecule has 0 aliphatic carbocycles. The summed E-state index contributed by atoms with van der Waals surface area (Å²) in [5.74, 6) is -1.21. The van der Waals surface area contributed by atoms with E-state index in [2.05, 4.69) is 20.3 Å². The number of rotatable bonds is 7. The van der Waals surface area contributed by atoms with Gasteiger partial charge in [-0.2, -0.15) is 9.97 Å². The van der Waals surface area contributed by atoms with E-state index < -0.39 is 17.2 Å². The summed E-state index contributed by atoms with van der Waals surface area (Å²) >= 11 is 0. The van der Waals surface area contributed by atoms with Gasteiger partial charge in [-0.1, -0.05) is 12.1 Å². The minimum Gasteiger partial charge on any atom is -0.508 e. The normalized spacial score (nSPS) is 20.1. The number of carbonyl (C=O) groups excluding carboxylic acids is 1. The molecule has 4 aromatic rings. The Labute approximate surface area is 234 Å². The van der Waals surface area contributed by atoms with Crippen molar-refractivity contribution in [2.24, 2.45) is 0 Å². The summed E-state index contributed by atoms with van der Waals surface area (Å²) < 4.78 is 36.5. The number of methoxy groups -OCH3 is 1. The molecule has 3 N–H and O–H groups in total. The van der Waals surface area contributed by atoms with Crippen molar-refractivity contribution in [3.05, 3.63) is 48.2 Å². The first-order valence-electron chi connectivity index (χ1n) is 13.4. The number of aliphatic hydroxyl groups is 1. The Morgan fingerprint density at radius 3 is 2.90 bits per heavy atom. The molecule has 2 bridgehead atoms. The number of hydrogen-bond acceptors (Lipinski definition) is 9. The maximum absolute atomic E-state index is 16.3. The number of amides is 1. The zero-order valence-electron chi connectivity index (χ0n) is 22.7. The molecule has 2 atom stereocenters. The van der Waals surface area contributed by atoms with Crippen LogP contribution in [0.25, 0.3) is 32.9 Å². The van der Waals surface area contributed by atoms with Gasteiger partial charge in [-0.25, -0.2) is 8.78 Å². The number of piperazine rings is 1. The Balaban J connectivity index is 1.44. The van der Waals surface area contributed by atoms with E-state index in [4.69, 9.17) is 4.74 Å². The van der Waals surface area contributed by atoms with Crippen LogP contribution in [0.4, 0.5) is 14.6 Å². The molecule has 2 aromatic heterocycles. The molecule has 214 valence electrons. The molecule has 41 heavy (non-hydrogen) atoms. The van der Waals surface area contributed by atoms with Crippen LogP contribution in [0.5, 0.6) is 11.8 Å². The molecule has 2 aliphatic heterocycles. The second-order valence-corrected chi connectivity index (χ2v) is 10.8. The highest BCUT2D eigenvalue weighted by Crippen LogP contribution is 2.39. The number of halogens is 2. The number of hydrogen-bond donors (Lipinski definition) is 3. The molecular formula is C29H30F2N6O4. The van der Waals surface area contributed by atoms with Crippen molar-refractivity contribution in [3.8, 4) is 23.0 Å². The highest BCUT2D eigenvalue weighted by molar-refractivity contribution is 6.00. The largest absolute Gasteiger partial charge is 0.508 e. The Kier molecular flexibility index (Phi) is 6.82. The third kappa shape index (κ3) is 4.76. The number of nitrogens with one attached hydrogen (secondary N) is 1. The van der Waals surface area contributed by atoms with E-state index in [-0.39, 0.29) is 58.9 Å². The predicted octanol–water partition coefficient (Wildman–Crippen LogP) is 2.99. The summed E-state index contributed by atoms with van der Waals surface area (Å²) in [7, 11) is 3.12. The molecule has 6 rings (SSSR count). The van der Waals surface area contributed by atoms with Crippen molar-refractivity contribution < 1.29 is 28.5 Å². The van der Waals surface area contributed by atoms with E-state index in [0.717, 1.165) is 12.8 Å². The fourth-order valence-electron chi connectivity index (χ4n) is 6.25. The average Bonchev–Trinajstić information content (AvgIpc) is 3.25. The van der Waals surface area contributed by atoms with Gasteiger partial charge in [0.15, 0.2) is 5.82 Å². The van der Waals surface area contributed by atoms with Crippen LogP contribution < -0.4 is 15.0 Å². The summed E-state index contributed by atoms with van der Waals surface area (Å²) in [6, 6.07) is 7.21. The Bertz CT molecular complexity index is 1670. The van der Waals surface area contributed by atoms with Crippen molar-refractivity contribution in [2.75, 3.05) is 45.3 Å². The van der Waals surface area contributed by atoms with Crippen LogP contribution >= 0.6 is 0 Å². The van der Waals surface area contributed by atoms with E-state index in [1.54, 1.807) is 18.0 Å². The average molecular weight is 565 g/mol. The minimum atomic E-state index is -0.790. The highest BCUT2D eigenvalue weighted by Gasteiger charge is 2.46. The zero-order chi connectivity index (χ0) is 28.9. The van der Waals surface area contributed by atoms with Crippen molar-refractivity contribution in [3.63, 3.8) is 0 Å². The van der Waals surface area contributed by atoms with Gasteiger partial charge in [0.25, 0.3) is 0 Å². The monoisotopic (exact) mass is 564 g/mol. The summed E-state index contributed by atoms with van der Waals surface area (Å²) in [5, 5.41) is 24.1. The van der Waals surface area contributed by atoms with Gasteiger partial charge in [-0.05, 0) is 36.4 Å². The van der Waals surface area contributed by atoms with Crippen LogP contribution in [0, 0.1) is 11.6 Å². The molecule has 0 unspecified atom stereocenters. The van der Waals surface area contributed by atoms with Gasteiger partial charge in [0, 0.05) is 56.3 Å². The summed E-state index contributed by atoms with van der Waals surface area (Å²) in [5.41, 5.74) is -0.515. The number of benzene rings is 2. The van der Waals surface area contributed by atoms with Crippen molar-refractivity contribution in [1.82, 2.24) is 25.2 Å². The van der Waals surface area contributed by atoms with E-state index in [1.807, 2.05) is 4.90 Å². The van der Waals surface area contributed by atoms with Crippen molar-refractivity contribution in [2.45, 2.75) is 30.8 Å². The number of aliphatic hydroxyl groups excluding tert-OH is 1. The predicted molar refractivity (Wildman–Crippen MR) is 149 cm³/mol. The number of aromatic hydroxyl groups is 1. The third-order valence-corrected chi connectivity index (χ3v) is 8.00. The van der Waals surface area contributed by atoms with Crippen LogP contribution in [-0.4, -0.2) is 88.0 Å². The summed E-state index contributed by atoms with van der Waals surface area (Å²) in [4.78, 5) is 29.3.